The van der Waals surface area contributed by atoms with Crippen molar-refractivity contribution in [2.24, 2.45) is 0 Å². The minimum absolute atomic E-state index is 0.163. The number of nitrogens with zero attached hydrogens (tertiary/aromatic N) is 2. The van der Waals surface area contributed by atoms with Gasteiger partial charge in [0.1, 0.15) is 5.88 Å². The molecule has 0 aliphatic rings. The summed E-state index contributed by atoms with van der Waals surface area (Å²) in [6, 6.07) is 1.24. The summed E-state index contributed by atoms with van der Waals surface area (Å²) < 4.78 is 22.6. The van der Waals surface area contributed by atoms with E-state index in [4.69, 9.17) is 5.11 Å². The number of hydrogen-bond donors (Lipinski definition) is 1. The Bertz CT molecular complexity index is 420. The summed E-state index contributed by atoms with van der Waals surface area (Å²) in [6.45, 7) is 0. The minimum atomic E-state index is -3.18. The van der Waals surface area contributed by atoms with Gasteiger partial charge in [-0.3, -0.25) is 4.68 Å². The molecule has 0 bridgehead atoms. The fourth-order valence-electron chi connectivity index (χ4n) is 0.788. The zero-order chi connectivity index (χ0) is 10.1. The number of carbonyl (C=O) groups is 1. The van der Waals surface area contributed by atoms with E-state index in [-0.39, 0.29) is 11.6 Å². The fourth-order valence-corrected chi connectivity index (χ4v) is 1.41. The SMILES string of the molecule is CS(=O)(=O)Cn1ccc(C(=O)O)n1. The van der Waals surface area contributed by atoms with Crippen molar-refractivity contribution in [2.75, 3.05) is 6.26 Å². The Morgan fingerprint density at radius 1 is 1.69 bits per heavy atom. The van der Waals surface area contributed by atoms with Crippen LogP contribution in [-0.2, 0) is 15.7 Å². The van der Waals surface area contributed by atoms with Crippen molar-refractivity contribution in [2.45, 2.75) is 5.88 Å². The smallest absolute Gasteiger partial charge is 0.356 e. The highest BCUT2D eigenvalue weighted by Crippen LogP contribution is 1.97. The summed E-state index contributed by atoms with van der Waals surface area (Å²) >= 11 is 0. The highest BCUT2D eigenvalue weighted by molar-refractivity contribution is 7.89. The molecule has 0 fully saturated rings. The molecule has 0 amide bonds. The number of aromatic carboxylic acids is 1. The lowest BCUT2D eigenvalue weighted by Gasteiger charge is -1.96. The first-order valence-electron chi connectivity index (χ1n) is 3.33. The van der Waals surface area contributed by atoms with E-state index in [1.54, 1.807) is 0 Å². The van der Waals surface area contributed by atoms with Gasteiger partial charge >= 0.3 is 5.97 Å². The van der Waals surface area contributed by atoms with Gasteiger partial charge in [0, 0.05) is 12.5 Å². The molecule has 0 atom stereocenters. The van der Waals surface area contributed by atoms with Crippen LogP contribution in [0.4, 0.5) is 0 Å². The normalized spacial score (nSPS) is 11.5. The molecule has 1 rings (SSSR count). The van der Waals surface area contributed by atoms with E-state index in [9.17, 15) is 13.2 Å². The van der Waals surface area contributed by atoms with Crippen LogP contribution in [0, 0.1) is 0 Å². The molecule has 13 heavy (non-hydrogen) atoms. The van der Waals surface area contributed by atoms with E-state index in [0.29, 0.717) is 0 Å². The van der Waals surface area contributed by atoms with Crippen LogP contribution in [0.3, 0.4) is 0 Å². The summed E-state index contributed by atoms with van der Waals surface area (Å²) in [4.78, 5) is 10.4. The van der Waals surface area contributed by atoms with Gasteiger partial charge in [0.25, 0.3) is 0 Å². The first-order chi connectivity index (χ1) is 5.88. The molecular formula is C6H8N2O4S. The van der Waals surface area contributed by atoms with Gasteiger partial charge in [-0.2, -0.15) is 5.10 Å². The van der Waals surface area contributed by atoms with Crippen LogP contribution in [0.1, 0.15) is 10.5 Å². The average Bonchev–Trinajstić information content (AvgIpc) is 2.31. The molecule has 0 saturated carbocycles. The first kappa shape index (κ1) is 9.72. The molecule has 0 radical (unpaired) electrons. The second-order valence-corrected chi connectivity index (χ2v) is 4.71. The third-order valence-electron chi connectivity index (χ3n) is 1.23. The van der Waals surface area contributed by atoms with Crippen molar-refractivity contribution in [1.29, 1.82) is 0 Å². The molecule has 0 aliphatic carbocycles. The molecule has 0 aliphatic heterocycles. The van der Waals surface area contributed by atoms with Crippen molar-refractivity contribution < 1.29 is 18.3 Å². The Kier molecular flexibility index (Phi) is 2.37. The molecule has 1 aromatic rings. The van der Waals surface area contributed by atoms with Gasteiger partial charge in [0.15, 0.2) is 15.5 Å². The zero-order valence-electron chi connectivity index (χ0n) is 6.84. The second-order valence-electron chi connectivity index (χ2n) is 2.60. The number of aromatic nitrogens is 2. The Morgan fingerprint density at radius 3 is 2.69 bits per heavy atom. The molecule has 0 spiro atoms. The van der Waals surface area contributed by atoms with Gasteiger partial charge in [-0.05, 0) is 6.07 Å². The van der Waals surface area contributed by atoms with Gasteiger partial charge in [0.05, 0.1) is 0 Å². The Labute approximate surface area is 74.7 Å². The summed E-state index contributed by atoms with van der Waals surface area (Å²) in [6.07, 6.45) is 2.36. The van der Waals surface area contributed by atoms with Crippen LogP contribution in [0.2, 0.25) is 0 Å². The summed E-state index contributed by atoms with van der Waals surface area (Å²) in [5.41, 5.74) is -0.163. The predicted molar refractivity (Wildman–Crippen MR) is 44.0 cm³/mol. The standard InChI is InChI=1S/C6H8N2O4S/c1-13(11,12)4-8-3-2-5(7-8)6(9)10/h2-3H,4H2,1H3,(H,9,10). The van der Waals surface area contributed by atoms with Crippen LogP contribution >= 0.6 is 0 Å². The van der Waals surface area contributed by atoms with Crippen molar-refractivity contribution in [1.82, 2.24) is 9.78 Å². The number of sulfone groups is 1. The molecule has 0 saturated heterocycles. The maximum Gasteiger partial charge on any atom is 0.356 e. The third kappa shape index (κ3) is 2.86. The maximum absolute atomic E-state index is 10.8. The van der Waals surface area contributed by atoms with Crippen molar-refractivity contribution in [3.63, 3.8) is 0 Å². The predicted octanol–water partition coefficient (Wildman–Crippen LogP) is -0.417. The summed E-state index contributed by atoms with van der Waals surface area (Å²) in [7, 11) is -3.18. The lowest BCUT2D eigenvalue weighted by molar-refractivity contribution is 0.0689. The summed E-state index contributed by atoms with van der Waals surface area (Å²) in [5, 5.41) is 12.0. The highest BCUT2D eigenvalue weighted by atomic mass is 32.2. The van der Waals surface area contributed by atoms with E-state index in [0.717, 1.165) is 10.9 Å². The first-order valence-corrected chi connectivity index (χ1v) is 5.39. The molecule has 1 aromatic heterocycles. The molecule has 72 valence electrons. The van der Waals surface area contributed by atoms with Gasteiger partial charge in [-0.25, -0.2) is 13.2 Å². The highest BCUT2D eigenvalue weighted by Gasteiger charge is 2.09. The third-order valence-corrected chi connectivity index (χ3v) is 1.96. The largest absolute Gasteiger partial charge is 0.476 e. The van der Waals surface area contributed by atoms with Crippen LogP contribution < -0.4 is 0 Å². The molecule has 6 nitrogen and oxygen atoms in total. The molecule has 1 heterocycles. The van der Waals surface area contributed by atoms with Gasteiger partial charge < -0.3 is 5.11 Å². The topological polar surface area (TPSA) is 89.3 Å². The van der Waals surface area contributed by atoms with E-state index < -0.39 is 15.8 Å². The van der Waals surface area contributed by atoms with Crippen LogP contribution in [0.5, 0.6) is 0 Å². The second kappa shape index (κ2) is 3.17. The van der Waals surface area contributed by atoms with Crippen LogP contribution in [-0.4, -0.2) is 35.5 Å². The number of carboxylic acid groups (broad SMARTS) is 1. The molecule has 1 N–H and O–H groups in total. The molecule has 0 unspecified atom stereocenters. The number of carboxylic acids is 1. The van der Waals surface area contributed by atoms with E-state index in [2.05, 4.69) is 5.10 Å². The fraction of sp³-hybridized carbons (Fsp3) is 0.333. The summed E-state index contributed by atoms with van der Waals surface area (Å²) in [5.74, 6) is -1.48. The lowest BCUT2D eigenvalue weighted by Crippen LogP contribution is -2.10. The quantitative estimate of drug-likeness (QED) is 0.722. The van der Waals surface area contributed by atoms with Crippen LogP contribution in [0.15, 0.2) is 12.3 Å². The van der Waals surface area contributed by atoms with Crippen molar-refractivity contribution in [3.05, 3.63) is 18.0 Å². The van der Waals surface area contributed by atoms with Gasteiger partial charge in [-0.15, -0.1) is 0 Å². The molecular weight excluding hydrogens is 196 g/mol. The van der Waals surface area contributed by atoms with Crippen molar-refractivity contribution in [3.8, 4) is 0 Å². The van der Waals surface area contributed by atoms with E-state index in [1.165, 1.54) is 12.3 Å². The van der Waals surface area contributed by atoms with E-state index in [1.807, 2.05) is 0 Å². The van der Waals surface area contributed by atoms with Gasteiger partial charge in [-0.1, -0.05) is 0 Å². The Morgan fingerprint density at radius 2 is 2.31 bits per heavy atom. The molecule has 7 heteroatoms. The Balaban J connectivity index is 2.87. The number of hydrogen-bond acceptors (Lipinski definition) is 4. The van der Waals surface area contributed by atoms with Crippen LogP contribution in [0.25, 0.3) is 0 Å². The lowest BCUT2D eigenvalue weighted by atomic mass is 10.5. The number of rotatable bonds is 3. The maximum atomic E-state index is 10.8. The zero-order valence-corrected chi connectivity index (χ0v) is 7.65. The average molecular weight is 204 g/mol. The molecule has 0 aromatic carbocycles. The van der Waals surface area contributed by atoms with E-state index >= 15 is 0 Å². The van der Waals surface area contributed by atoms with Gasteiger partial charge in [0.2, 0.25) is 0 Å². The van der Waals surface area contributed by atoms with Crippen molar-refractivity contribution >= 4 is 15.8 Å². The monoisotopic (exact) mass is 204 g/mol. The Hall–Kier alpha value is -1.37. The minimum Gasteiger partial charge on any atom is -0.476 e.